The monoisotopic (exact) mass is 292 g/mol. The van der Waals surface area contributed by atoms with E-state index < -0.39 is 6.43 Å². The van der Waals surface area contributed by atoms with Gasteiger partial charge in [0.15, 0.2) is 0 Å². The Balaban J connectivity index is 2.79. The van der Waals surface area contributed by atoms with E-state index in [0.29, 0.717) is 16.8 Å². The van der Waals surface area contributed by atoms with E-state index in [0.717, 1.165) is 0 Å². The Morgan fingerprint density at radius 2 is 2.06 bits per heavy atom. The lowest BCUT2D eigenvalue weighted by Crippen LogP contribution is -2.19. The first-order valence-corrected chi connectivity index (χ1v) is 5.76. The largest absolute Gasteiger partial charge is 0.370 e. The topological polar surface area (TPSA) is 24.9 Å². The Bertz CT molecular complexity index is 361. The number of aromatic nitrogens is 1. The standard InChI is InChI=1S/C11H15BrF2N2/c1-11(2,3)6-16-9-4-7(10(13)14)8(12)5-15-9/h4-5,10H,6H2,1-3H3,(H,15,16). The Hall–Kier alpha value is -0.710. The zero-order valence-corrected chi connectivity index (χ0v) is 11.1. The van der Waals surface area contributed by atoms with Crippen molar-refractivity contribution in [2.75, 3.05) is 11.9 Å². The lowest BCUT2D eigenvalue weighted by Gasteiger charge is -2.19. The molecule has 5 heteroatoms. The third-order valence-corrected chi connectivity index (χ3v) is 2.58. The van der Waals surface area contributed by atoms with Crippen molar-refractivity contribution in [1.82, 2.24) is 4.98 Å². The van der Waals surface area contributed by atoms with Gasteiger partial charge in [-0.2, -0.15) is 0 Å². The van der Waals surface area contributed by atoms with Gasteiger partial charge in [0, 0.05) is 22.8 Å². The molecule has 0 aliphatic rings. The third-order valence-electron chi connectivity index (χ3n) is 1.92. The van der Waals surface area contributed by atoms with Crippen molar-refractivity contribution in [2.24, 2.45) is 5.41 Å². The number of nitrogens with one attached hydrogen (secondary N) is 1. The molecular formula is C11H15BrF2N2. The Morgan fingerprint density at radius 3 is 2.56 bits per heavy atom. The van der Waals surface area contributed by atoms with Crippen LogP contribution < -0.4 is 5.32 Å². The van der Waals surface area contributed by atoms with Gasteiger partial charge >= 0.3 is 0 Å². The summed E-state index contributed by atoms with van der Waals surface area (Å²) in [5, 5.41) is 3.04. The van der Waals surface area contributed by atoms with E-state index in [1.807, 2.05) is 0 Å². The highest BCUT2D eigenvalue weighted by atomic mass is 79.9. The summed E-state index contributed by atoms with van der Waals surface area (Å²) in [6.07, 6.45) is -1.10. The summed E-state index contributed by atoms with van der Waals surface area (Å²) >= 11 is 3.05. The van der Waals surface area contributed by atoms with E-state index in [1.54, 1.807) is 0 Å². The van der Waals surface area contributed by atoms with Crippen LogP contribution >= 0.6 is 15.9 Å². The van der Waals surface area contributed by atoms with Crippen LogP contribution in [0.25, 0.3) is 0 Å². The van der Waals surface area contributed by atoms with Crippen molar-refractivity contribution in [1.29, 1.82) is 0 Å². The highest BCUT2D eigenvalue weighted by molar-refractivity contribution is 9.10. The number of nitrogens with zero attached hydrogens (tertiary/aromatic N) is 1. The summed E-state index contributed by atoms with van der Waals surface area (Å²) in [5.41, 5.74) is 0.0474. The van der Waals surface area contributed by atoms with Crippen LogP contribution in [-0.2, 0) is 0 Å². The minimum Gasteiger partial charge on any atom is -0.370 e. The molecule has 1 aromatic rings. The predicted molar refractivity (Wildman–Crippen MR) is 64.8 cm³/mol. The minimum atomic E-state index is -2.49. The zero-order chi connectivity index (χ0) is 12.3. The minimum absolute atomic E-state index is 0.0357. The van der Waals surface area contributed by atoms with E-state index in [1.165, 1.54) is 12.3 Å². The van der Waals surface area contributed by atoms with Crippen molar-refractivity contribution in [3.8, 4) is 0 Å². The van der Waals surface area contributed by atoms with Crippen molar-refractivity contribution in [3.05, 3.63) is 22.3 Å². The molecule has 1 N–H and O–H groups in total. The molecule has 2 nitrogen and oxygen atoms in total. The first-order valence-electron chi connectivity index (χ1n) is 4.97. The number of pyridine rings is 1. The molecule has 0 unspecified atom stereocenters. The molecule has 1 aromatic heterocycles. The van der Waals surface area contributed by atoms with Crippen LogP contribution in [-0.4, -0.2) is 11.5 Å². The quantitative estimate of drug-likeness (QED) is 0.901. The fourth-order valence-corrected chi connectivity index (χ4v) is 1.46. The molecule has 0 aliphatic heterocycles. The molecule has 0 saturated heterocycles. The molecule has 1 rings (SSSR count). The average molecular weight is 293 g/mol. The smallest absolute Gasteiger partial charge is 0.265 e. The molecule has 16 heavy (non-hydrogen) atoms. The second-order valence-electron chi connectivity index (χ2n) is 4.81. The number of hydrogen-bond acceptors (Lipinski definition) is 2. The molecular weight excluding hydrogens is 278 g/mol. The molecule has 0 radical (unpaired) electrons. The second kappa shape index (κ2) is 5.08. The van der Waals surface area contributed by atoms with Crippen molar-refractivity contribution >= 4 is 21.7 Å². The lowest BCUT2D eigenvalue weighted by atomic mass is 9.97. The molecule has 0 amide bonds. The van der Waals surface area contributed by atoms with Gasteiger partial charge < -0.3 is 5.32 Å². The van der Waals surface area contributed by atoms with E-state index in [4.69, 9.17) is 0 Å². The first kappa shape index (κ1) is 13.4. The maximum atomic E-state index is 12.6. The fraction of sp³-hybridized carbons (Fsp3) is 0.545. The molecule has 0 aliphatic carbocycles. The van der Waals surface area contributed by atoms with Crippen LogP contribution in [0, 0.1) is 5.41 Å². The number of hydrogen-bond donors (Lipinski definition) is 1. The van der Waals surface area contributed by atoms with Crippen LogP contribution in [0.1, 0.15) is 32.8 Å². The summed E-state index contributed by atoms with van der Waals surface area (Å²) in [5.74, 6) is 0.480. The summed E-state index contributed by atoms with van der Waals surface area (Å²) in [4.78, 5) is 4.03. The number of halogens is 3. The highest BCUT2D eigenvalue weighted by Crippen LogP contribution is 2.28. The summed E-state index contributed by atoms with van der Waals surface area (Å²) < 4.78 is 25.5. The van der Waals surface area contributed by atoms with Gasteiger partial charge in [-0.05, 0) is 27.4 Å². The Kier molecular flexibility index (Phi) is 4.24. The van der Waals surface area contributed by atoms with Gasteiger partial charge in [-0.15, -0.1) is 0 Å². The molecule has 1 heterocycles. The Labute approximate surface area is 103 Å². The van der Waals surface area contributed by atoms with Gasteiger partial charge in [-0.3, -0.25) is 0 Å². The molecule has 0 aromatic carbocycles. The van der Waals surface area contributed by atoms with Crippen molar-refractivity contribution in [3.63, 3.8) is 0 Å². The maximum Gasteiger partial charge on any atom is 0.265 e. The summed E-state index contributed by atoms with van der Waals surface area (Å²) in [6, 6.07) is 1.38. The fourth-order valence-electron chi connectivity index (χ4n) is 1.07. The summed E-state index contributed by atoms with van der Waals surface area (Å²) in [7, 11) is 0. The van der Waals surface area contributed by atoms with E-state index in [-0.39, 0.29) is 11.0 Å². The lowest BCUT2D eigenvalue weighted by molar-refractivity contribution is 0.150. The number of rotatable bonds is 3. The molecule has 90 valence electrons. The summed E-state index contributed by atoms with van der Waals surface area (Å²) in [6.45, 7) is 6.87. The Morgan fingerprint density at radius 1 is 1.44 bits per heavy atom. The molecule has 0 atom stereocenters. The SMILES string of the molecule is CC(C)(C)CNc1cc(C(F)F)c(Br)cn1. The molecule has 0 fully saturated rings. The maximum absolute atomic E-state index is 12.6. The average Bonchev–Trinajstić information content (AvgIpc) is 2.14. The molecule has 0 spiro atoms. The van der Waals surface area contributed by atoms with E-state index in [2.05, 4.69) is 47.0 Å². The van der Waals surface area contributed by atoms with Gasteiger partial charge in [0.25, 0.3) is 6.43 Å². The van der Waals surface area contributed by atoms with Crippen LogP contribution in [0.2, 0.25) is 0 Å². The van der Waals surface area contributed by atoms with Crippen LogP contribution in [0.4, 0.5) is 14.6 Å². The molecule has 0 bridgehead atoms. The van der Waals surface area contributed by atoms with Gasteiger partial charge in [0.05, 0.1) is 0 Å². The van der Waals surface area contributed by atoms with Crippen LogP contribution in [0.5, 0.6) is 0 Å². The predicted octanol–water partition coefficient (Wildman–Crippen LogP) is 4.24. The number of anilines is 1. The van der Waals surface area contributed by atoms with Crippen LogP contribution in [0.15, 0.2) is 16.7 Å². The second-order valence-corrected chi connectivity index (χ2v) is 5.66. The first-order chi connectivity index (χ1) is 7.29. The van der Waals surface area contributed by atoms with Crippen molar-refractivity contribution in [2.45, 2.75) is 27.2 Å². The normalized spacial score (nSPS) is 11.9. The van der Waals surface area contributed by atoms with Crippen LogP contribution in [0.3, 0.4) is 0 Å². The third kappa shape index (κ3) is 4.04. The number of alkyl halides is 2. The zero-order valence-electron chi connectivity index (χ0n) is 9.52. The molecule has 0 saturated carbocycles. The van der Waals surface area contributed by atoms with Gasteiger partial charge in [-0.25, -0.2) is 13.8 Å². The van der Waals surface area contributed by atoms with E-state index >= 15 is 0 Å². The van der Waals surface area contributed by atoms with Gasteiger partial charge in [0.2, 0.25) is 0 Å². The van der Waals surface area contributed by atoms with Gasteiger partial charge in [0.1, 0.15) is 5.82 Å². The highest BCUT2D eigenvalue weighted by Gasteiger charge is 2.14. The van der Waals surface area contributed by atoms with Gasteiger partial charge in [-0.1, -0.05) is 20.8 Å². The van der Waals surface area contributed by atoms with E-state index in [9.17, 15) is 8.78 Å². The van der Waals surface area contributed by atoms with Crippen molar-refractivity contribution < 1.29 is 8.78 Å².